The Morgan fingerprint density at radius 1 is 1.16 bits per heavy atom. The number of hydrogen-bond donors (Lipinski definition) is 2. The zero-order chi connectivity index (χ0) is 22.1. The summed E-state index contributed by atoms with van der Waals surface area (Å²) in [7, 11) is 4.09. The second-order valence-corrected chi connectivity index (χ2v) is 9.02. The Hall–Kier alpha value is -2.58. The lowest BCUT2D eigenvalue weighted by molar-refractivity contribution is 0.321. The maximum atomic E-state index is 12.4. The van der Waals surface area contributed by atoms with Gasteiger partial charge in [-0.15, -0.1) is 0 Å². The summed E-state index contributed by atoms with van der Waals surface area (Å²) in [6.45, 7) is 3.37. The average molecular weight is 445 g/mol. The molecule has 3 rings (SSSR count). The smallest absolute Gasteiger partial charge is 0.191 e. The Kier molecular flexibility index (Phi) is 8.73. The third-order valence-corrected chi connectivity index (χ3v) is 6.61. The molecule has 8 heteroatoms. The van der Waals surface area contributed by atoms with Gasteiger partial charge in [0, 0.05) is 56.0 Å². The minimum atomic E-state index is -1.01. The van der Waals surface area contributed by atoms with Crippen molar-refractivity contribution in [3.8, 4) is 11.5 Å². The van der Waals surface area contributed by atoms with Crippen molar-refractivity contribution in [3.05, 3.63) is 54.1 Å². The van der Waals surface area contributed by atoms with Gasteiger partial charge in [0.15, 0.2) is 5.96 Å². The van der Waals surface area contributed by atoms with Crippen LogP contribution in [-0.4, -0.2) is 67.8 Å². The predicted octanol–water partition coefficient (Wildman–Crippen LogP) is 2.25. The van der Waals surface area contributed by atoms with Gasteiger partial charge in [-0.1, -0.05) is 18.2 Å². The van der Waals surface area contributed by atoms with E-state index in [2.05, 4.69) is 32.7 Å². The average Bonchev–Trinajstić information content (AvgIpc) is 3.25. The maximum absolute atomic E-state index is 12.4. The molecule has 1 aliphatic heterocycles. The SMILES string of the molecule is CN=C(NCCS(=O)c1ccccc1)NC1CCN(Cc2cc(OC)cc(OC)c2)C1. The molecule has 7 nitrogen and oxygen atoms in total. The van der Waals surface area contributed by atoms with E-state index in [9.17, 15) is 4.21 Å². The van der Waals surface area contributed by atoms with Crippen LogP contribution in [0.4, 0.5) is 0 Å². The normalized spacial score (nSPS) is 17.9. The molecule has 2 atom stereocenters. The van der Waals surface area contributed by atoms with E-state index < -0.39 is 10.8 Å². The molecule has 0 amide bonds. The van der Waals surface area contributed by atoms with Crippen molar-refractivity contribution in [1.29, 1.82) is 0 Å². The molecule has 0 spiro atoms. The van der Waals surface area contributed by atoms with Gasteiger partial charge in [0.1, 0.15) is 11.5 Å². The molecule has 2 aromatic rings. The molecule has 168 valence electrons. The van der Waals surface area contributed by atoms with E-state index in [0.717, 1.165) is 48.4 Å². The van der Waals surface area contributed by atoms with Crippen molar-refractivity contribution in [2.45, 2.75) is 23.9 Å². The monoisotopic (exact) mass is 444 g/mol. The van der Waals surface area contributed by atoms with Gasteiger partial charge in [-0.05, 0) is 36.2 Å². The molecule has 0 aromatic heterocycles. The molecule has 0 saturated carbocycles. The van der Waals surface area contributed by atoms with Crippen LogP contribution in [0.5, 0.6) is 11.5 Å². The quantitative estimate of drug-likeness (QED) is 0.457. The van der Waals surface area contributed by atoms with Crippen molar-refractivity contribution in [1.82, 2.24) is 15.5 Å². The van der Waals surface area contributed by atoms with Crippen LogP contribution in [-0.2, 0) is 17.3 Å². The first-order valence-electron chi connectivity index (χ1n) is 10.5. The fourth-order valence-electron chi connectivity index (χ4n) is 3.65. The molecule has 0 radical (unpaired) electrons. The summed E-state index contributed by atoms with van der Waals surface area (Å²) in [5, 5.41) is 6.77. The van der Waals surface area contributed by atoms with Gasteiger partial charge in [-0.25, -0.2) is 0 Å². The van der Waals surface area contributed by atoms with E-state index in [1.165, 1.54) is 5.56 Å². The number of ether oxygens (including phenoxy) is 2. The molecular formula is C23H32N4O3S. The van der Waals surface area contributed by atoms with E-state index in [4.69, 9.17) is 9.47 Å². The van der Waals surface area contributed by atoms with Crippen LogP contribution >= 0.6 is 0 Å². The summed E-state index contributed by atoms with van der Waals surface area (Å²) in [6.07, 6.45) is 1.04. The number of rotatable bonds is 9. The van der Waals surface area contributed by atoms with Crippen LogP contribution in [0.2, 0.25) is 0 Å². The Labute approximate surface area is 187 Å². The lowest BCUT2D eigenvalue weighted by atomic mass is 10.2. The van der Waals surface area contributed by atoms with Crippen LogP contribution in [0, 0.1) is 0 Å². The highest BCUT2D eigenvalue weighted by atomic mass is 32.2. The van der Waals surface area contributed by atoms with Gasteiger partial charge >= 0.3 is 0 Å². The highest BCUT2D eigenvalue weighted by Gasteiger charge is 2.23. The van der Waals surface area contributed by atoms with Crippen LogP contribution < -0.4 is 20.1 Å². The Bertz CT molecular complexity index is 869. The summed E-state index contributed by atoms with van der Waals surface area (Å²) in [6, 6.07) is 15.9. The number of benzene rings is 2. The lowest BCUT2D eigenvalue weighted by Gasteiger charge is -2.19. The van der Waals surface area contributed by atoms with Crippen molar-refractivity contribution in [2.75, 3.05) is 46.7 Å². The summed E-state index contributed by atoms with van der Waals surface area (Å²) in [5.74, 6) is 2.90. The number of likely N-dealkylation sites (tertiary alicyclic amines) is 1. The van der Waals surface area contributed by atoms with E-state index >= 15 is 0 Å². The van der Waals surface area contributed by atoms with Crippen molar-refractivity contribution >= 4 is 16.8 Å². The second kappa shape index (κ2) is 11.7. The Morgan fingerprint density at radius 3 is 2.52 bits per heavy atom. The topological polar surface area (TPSA) is 75.2 Å². The van der Waals surface area contributed by atoms with Gasteiger partial charge in [-0.3, -0.25) is 14.1 Å². The summed E-state index contributed by atoms with van der Waals surface area (Å²) in [5.41, 5.74) is 1.17. The molecule has 2 N–H and O–H groups in total. The first kappa shape index (κ1) is 23.1. The van der Waals surface area contributed by atoms with Crippen LogP contribution in [0.15, 0.2) is 58.4 Å². The van der Waals surface area contributed by atoms with E-state index in [1.807, 2.05) is 36.4 Å². The minimum absolute atomic E-state index is 0.318. The molecule has 1 heterocycles. The highest BCUT2D eigenvalue weighted by molar-refractivity contribution is 7.85. The molecule has 0 aliphatic carbocycles. The van der Waals surface area contributed by atoms with Gasteiger partial charge in [-0.2, -0.15) is 0 Å². The minimum Gasteiger partial charge on any atom is -0.497 e. The molecule has 31 heavy (non-hydrogen) atoms. The molecule has 2 unspecified atom stereocenters. The molecule has 1 aliphatic rings. The fourth-order valence-corrected chi connectivity index (χ4v) is 4.63. The molecule has 0 bridgehead atoms. The number of guanidine groups is 1. The van der Waals surface area contributed by atoms with Gasteiger partial charge in [0.2, 0.25) is 0 Å². The standard InChI is InChI=1S/C23H32N4O3S/c1-24-23(25-10-12-31(28)22-7-5-4-6-8-22)26-19-9-11-27(17-19)16-18-13-20(29-2)15-21(14-18)30-3/h4-8,13-15,19H,9-12,16-17H2,1-3H3,(H2,24,25,26). The molecular weight excluding hydrogens is 412 g/mol. The largest absolute Gasteiger partial charge is 0.497 e. The van der Waals surface area contributed by atoms with E-state index in [1.54, 1.807) is 21.3 Å². The lowest BCUT2D eigenvalue weighted by Crippen LogP contribution is -2.45. The molecule has 1 saturated heterocycles. The molecule has 2 aromatic carbocycles. The third kappa shape index (κ3) is 6.97. The van der Waals surface area contributed by atoms with Gasteiger partial charge < -0.3 is 20.1 Å². The zero-order valence-electron chi connectivity index (χ0n) is 18.5. The van der Waals surface area contributed by atoms with Gasteiger partial charge in [0.25, 0.3) is 0 Å². The Morgan fingerprint density at radius 2 is 1.87 bits per heavy atom. The van der Waals surface area contributed by atoms with Crippen LogP contribution in [0.1, 0.15) is 12.0 Å². The Balaban J connectivity index is 1.45. The summed E-state index contributed by atoms with van der Waals surface area (Å²) >= 11 is 0. The van der Waals surface area contributed by atoms with Crippen molar-refractivity contribution in [3.63, 3.8) is 0 Å². The first-order valence-corrected chi connectivity index (χ1v) is 11.8. The number of methoxy groups -OCH3 is 2. The fraction of sp³-hybridized carbons (Fsp3) is 0.435. The van der Waals surface area contributed by atoms with E-state index in [-0.39, 0.29) is 0 Å². The number of nitrogens with one attached hydrogen (secondary N) is 2. The van der Waals surface area contributed by atoms with Crippen molar-refractivity contribution < 1.29 is 13.7 Å². The first-order chi connectivity index (χ1) is 15.1. The number of aliphatic imine (C=N–C) groups is 1. The van der Waals surface area contributed by atoms with Gasteiger partial charge in [0.05, 0.1) is 25.0 Å². The summed E-state index contributed by atoms with van der Waals surface area (Å²) < 4.78 is 23.1. The zero-order valence-corrected chi connectivity index (χ0v) is 19.3. The highest BCUT2D eigenvalue weighted by Crippen LogP contribution is 2.24. The number of hydrogen-bond acceptors (Lipinski definition) is 5. The second-order valence-electron chi connectivity index (χ2n) is 7.45. The van der Waals surface area contributed by atoms with Crippen LogP contribution in [0.3, 0.4) is 0 Å². The molecule has 1 fully saturated rings. The van der Waals surface area contributed by atoms with Crippen LogP contribution in [0.25, 0.3) is 0 Å². The predicted molar refractivity (Wildman–Crippen MR) is 125 cm³/mol. The van der Waals surface area contributed by atoms with E-state index in [0.29, 0.717) is 18.3 Å². The number of nitrogens with zero attached hydrogens (tertiary/aromatic N) is 2. The summed E-state index contributed by atoms with van der Waals surface area (Å²) in [4.78, 5) is 7.58. The maximum Gasteiger partial charge on any atom is 0.191 e. The van der Waals surface area contributed by atoms with Crippen molar-refractivity contribution in [2.24, 2.45) is 4.99 Å². The third-order valence-electron chi connectivity index (χ3n) is 5.24.